The van der Waals surface area contributed by atoms with Crippen molar-refractivity contribution in [1.82, 2.24) is 24.6 Å². The summed E-state index contributed by atoms with van der Waals surface area (Å²) in [6, 6.07) is 0. The second kappa shape index (κ2) is 5.35. The van der Waals surface area contributed by atoms with Gasteiger partial charge in [-0.15, -0.1) is 0 Å². The molecule has 1 atom stereocenters. The standard InChI is InChI=1S/C15H22N6/c16-4-8-21-15-14(17-5-6-18-15)13(19-21)12-3-7-20(10-12)9-11-1-2-11/h5-6,11-12H,1-4,7-10,16H2. The highest BCUT2D eigenvalue weighted by molar-refractivity contribution is 5.73. The number of rotatable bonds is 5. The Morgan fingerprint density at radius 2 is 2.05 bits per heavy atom. The van der Waals surface area contributed by atoms with Gasteiger partial charge in [0, 0.05) is 37.9 Å². The van der Waals surface area contributed by atoms with Gasteiger partial charge in [-0.1, -0.05) is 0 Å². The zero-order chi connectivity index (χ0) is 14.2. The summed E-state index contributed by atoms with van der Waals surface area (Å²) in [7, 11) is 0. The molecule has 4 rings (SSSR count). The highest BCUT2D eigenvalue weighted by atomic mass is 15.3. The average molecular weight is 286 g/mol. The summed E-state index contributed by atoms with van der Waals surface area (Å²) in [5.41, 5.74) is 8.63. The molecule has 2 aromatic rings. The van der Waals surface area contributed by atoms with Crippen LogP contribution in [0.3, 0.4) is 0 Å². The molecule has 2 aromatic heterocycles. The molecule has 6 nitrogen and oxygen atoms in total. The fourth-order valence-electron chi connectivity index (χ4n) is 3.37. The first kappa shape index (κ1) is 13.2. The van der Waals surface area contributed by atoms with Crippen LogP contribution in [0.25, 0.3) is 11.2 Å². The first-order valence-electron chi connectivity index (χ1n) is 7.95. The van der Waals surface area contributed by atoms with E-state index in [1.54, 1.807) is 12.4 Å². The Balaban J connectivity index is 1.60. The molecule has 21 heavy (non-hydrogen) atoms. The summed E-state index contributed by atoms with van der Waals surface area (Å²) in [6.07, 6.45) is 7.51. The molecule has 1 saturated heterocycles. The summed E-state index contributed by atoms with van der Waals surface area (Å²) in [5, 5.41) is 4.78. The maximum atomic E-state index is 5.68. The Bertz CT molecular complexity index is 632. The number of aromatic nitrogens is 4. The van der Waals surface area contributed by atoms with Gasteiger partial charge in [0.05, 0.1) is 12.2 Å². The van der Waals surface area contributed by atoms with E-state index in [9.17, 15) is 0 Å². The van der Waals surface area contributed by atoms with Gasteiger partial charge in [0.25, 0.3) is 0 Å². The Labute approximate surface area is 124 Å². The smallest absolute Gasteiger partial charge is 0.177 e. The molecule has 0 amide bonds. The van der Waals surface area contributed by atoms with Gasteiger partial charge in [-0.2, -0.15) is 5.10 Å². The predicted molar refractivity (Wildman–Crippen MR) is 80.9 cm³/mol. The Hall–Kier alpha value is -1.53. The lowest BCUT2D eigenvalue weighted by molar-refractivity contribution is 0.320. The number of nitrogens with two attached hydrogens (primary N) is 1. The van der Waals surface area contributed by atoms with Crippen LogP contribution in [0.1, 0.15) is 30.9 Å². The molecule has 0 spiro atoms. The molecular formula is C15H22N6. The highest BCUT2D eigenvalue weighted by Gasteiger charge is 2.32. The van der Waals surface area contributed by atoms with Crippen molar-refractivity contribution < 1.29 is 0 Å². The second-order valence-corrected chi connectivity index (χ2v) is 6.31. The molecule has 2 N–H and O–H groups in total. The van der Waals surface area contributed by atoms with Crippen molar-refractivity contribution in [2.75, 3.05) is 26.2 Å². The topological polar surface area (TPSA) is 72.9 Å². The summed E-state index contributed by atoms with van der Waals surface area (Å²) in [4.78, 5) is 11.5. The number of hydrogen-bond donors (Lipinski definition) is 1. The van der Waals surface area contributed by atoms with E-state index in [0.29, 0.717) is 19.0 Å². The number of likely N-dealkylation sites (tertiary alicyclic amines) is 1. The molecule has 3 heterocycles. The van der Waals surface area contributed by atoms with Crippen molar-refractivity contribution >= 4 is 11.2 Å². The van der Waals surface area contributed by atoms with Crippen LogP contribution in [0.4, 0.5) is 0 Å². The van der Waals surface area contributed by atoms with E-state index in [2.05, 4.69) is 14.9 Å². The Morgan fingerprint density at radius 3 is 2.86 bits per heavy atom. The molecule has 112 valence electrons. The minimum atomic E-state index is 0.488. The molecule has 1 saturated carbocycles. The Kier molecular flexibility index (Phi) is 3.35. The van der Waals surface area contributed by atoms with E-state index >= 15 is 0 Å². The lowest BCUT2D eigenvalue weighted by Crippen LogP contribution is -2.23. The van der Waals surface area contributed by atoms with Crippen LogP contribution in [0.15, 0.2) is 12.4 Å². The summed E-state index contributed by atoms with van der Waals surface area (Å²) in [6.45, 7) is 4.84. The van der Waals surface area contributed by atoms with Crippen molar-refractivity contribution in [3.63, 3.8) is 0 Å². The van der Waals surface area contributed by atoms with Crippen LogP contribution in [0.5, 0.6) is 0 Å². The molecule has 2 aliphatic rings. The van der Waals surface area contributed by atoms with Gasteiger partial charge >= 0.3 is 0 Å². The maximum absolute atomic E-state index is 5.68. The number of hydrogen-bond acceptors (Lipinski definition) is 5. The fourth-order valence-corrected chi connectivity index (χ4v) is 3.37. The third kappa shape index (κ3) is 2.53. The van der Waals surface area contributed by atoms with Crippen molar-refractivity contribution in [2.45, 2.75) is 31.7 Å². The average Bonchev–Trinajstić information content (AvgIpc) is 3.07. The third-order valence-electron chi connectivity index (χ3n) is 4.61. The minimum Gasteiger partial charge on any atom is -0.329 e. The molecule has 1 unspecified atom stereocenters. The molecule has 6 heteroatoms. The zero-order valence-corrected chi connectivity index (χ0v) is 12.3. The van der Waals surface area contributed by atoms with Crippen LogP contribution in [0, 0.1) is 5.92 Å². The van der Waals surface area contributed by atoms with Crippen molar-refractivity contribution in [3.05, 3.63) is 18.1 Å². The summed E-state index contributed by atoms with van der Waals surface area (Å²) >= 11 is 0. The maximum Gasteiger partial charge on any atom is 0.177 e. The van der Waals surface area contributed by atoms with E-state index in [-0.39, 0.29) is 0 Å². The van der Waals surface area contributed by atoms with E-state index in [1.165, 1.54) is 32.4 Å². The van der Waals surface area contributed by atoms with Gasteiger partial charge < -0.3 is 10.6 Å². The third-order valence-corrected chi connectivity index (χ3v) is 4.61. The van der Waals surface area contributed by atoms with Crippen LogP contribution in [-0.4, -0.2) is 50.8 Å². The molecule has 0 aromatic carbocycles. The summed E-state index contributed by atoms with van der Waals surface area (Å²) in [5.74, 6) is 1.44. The van der Waals surface area contributed by atoms with Crippen molar-refractivity contribution in [2.24, 2.45) is 11.7 Å². The first-order valence-corrected chi connectivity index (χ1v) is 7.95. The summed E-state index contributed by atoms with van der Waals surface area (Å²) < 4.78 is 1.92. The largest absolute Gasteiger partial charge is 0.329 e. The fraction of sp³-hybridized carbons (Fsp3) is 0.667. The van der Waals surface area contributed by atoms with Gasteiger partial charge in [-0.25, -0.2) is 14.6 Å². The molecule has 2 fully saturated rings. The number of fused-ring (bicyclic) bond motifs is 1. The van der Waals surface area contributed by atoms with E-state index in [4.69, 9.17) is 10.8 Å². The molecule has 0 bridgehead atoms. The quantitative estimate of drug-likeness (QED) is 0.887. The van der Waals surface area contributed by atoms with Gasteiger partial charge in [-0.05, 0) is 31.7 Å². The van der Waals surface area contributed by atoms with Crippen molar-refractivity contribution in [1.29, 1.82) is 0 Å². The second-order valence-electron chi connectivity index (χ2n) is 6.31. The minimum absolute atomic E-state index is 0.488. The number of nitrogens with zero attached hydrogens (tertiary/aromatic N) is 5. The normalized spacial score (nSPS) is 23.2. The van der Waals surface area contributed by atoms with E-state index in [0.717, 1.165) is 29.3 Å². The van der Waals surface area contributed by atoms with Crippen LogP contribution < -0.4 is 5.73 Å². The monoisotopic (exact) mass is 286 g/mol. The molecule has 1 aliphatic heterocycles. The van der Waals surface area contributed by atoms with E-state index in [1.807, 2.05) is 4.68 Å². The van der Waals surface area contributed by atoms with Crippen LogP contribution >= 0.6 is 0 Å². The molecule has 0 radical (unpaired) electrons. The van der Waals surface area contributed by atoms with Crippen molar-refractivity contribution in [3.8, 4) is 0 Å². The SMILES string of the molecule is NCCn1nc(C2CCN(CC3CC3)C2)c2nccnc21. The van der Waals surface area contributed by atoms with Gasteiger partial charge in [-0.3, -0.25) is 0 Å². The van der Waals surface area contributed by atoms with E-state index < -0.39 is 0 Å². The first-order chi connectivity index (χ1) is 10.3. The highest BCUT2D eigenvalue weighted by Crippen LogP contribution is 2.34. The predicted octanol–water partition coefficient (Wildman–Crippen LogP) is 0.984. The lowest BCUT2D eigenvalue weighted by atomic mass is 10.0. The molecular weight excluding hydrogens is 264 g/mol. The molecule has 1 aliphatic carbocycles. The van der Waals surface area contributed by atoms with Gasteiger partial charge in [0.2, 0.25) is 0 Å². The van der Waals surface area contributed by atoms with Crippen LogP contribution in [-0.2, 0) is 6.54 Å². The Morgan fingerprint density at radius 1 is 1.19 bits per heavy atom. The van der Waals surface area contributed by atoms with Crippen LogP contribution in [0.2, 0.25) is 0 Å². The van der Waals surface area contributed by atoms with Gasteiger partial charge in [0.1, 0.15) is 5.52 Å². The lowest BCUT2D eigenvalue weighted by Gasteiger charge is -2.14. The van der Waals surface area contributed by atoms with Gasteiger partial charge in [0.15, 0.2) is 5.65 Å². The zero-order valence-electron chi connectivity index (χ0n) is 12.3.